The summed E-state index contributed by atoms with van der Waals surface area (Å²) in [6.07, 6.45) is 0. The van der Waals surface area contributed by atoms with Gasteiger partial charge in [-0.3, -0.25) is 9.59 Å². The zero-order valence-corrected chi connectivity index (χ0v) is 15.9. The van der Waals surface area contributed by atoms with Crippen molar-refractivity contribution in [3.8, 4) is 0 Å². The monoisotopic (exact) mass is 369 g/mol. The molecule has 0 radical (unpaired) electrons. The predicted octanol–water partition coefficient (Wildman–Crippen LogP) is 3.53. The Morgan fingerprint density at radius 1 is 1.00 bits per heavy atom. The van der Waals surface area contributed by atoms with E-state index in [2.05, 4.69) is 0 Å². The molecule has 26 heavy (non-hydrogen) atoms. The molecule has 1 aromatic heterocycles. The predicted molar refractivity (Wildman–Crippen MR) is 108 cm³/mol. The highest BCUT2D eigenvalue weighted by Crippen LogP contribution is 2.34. The number of benzene rings is 2. The molecule has 0 aliphatic rings. The number of amides is 1. The number of hydrogen-bond donors (Lipinski definition) is 0. The van der Waals surface area contributed by atoms with Gasteiger partial charge in [-0.15, -0.1) is 0 Å². The smallest absolute Gasteiger partial charge is 0.265 e. The van der Waals surface area contributed by atoms with Crippen molar-refractivity contribution < 1.29 is 4.79 Å². The quantitative estimate of drug-likeness (QED) is 0.709. The van der Waals surface area contributed by atoms with E-state index in [0.29, 0.717) is 27.3 Å². The fourth-order valence-electron chi connectivity index (χ4n) is 3.11. The minimum atomic E-state index is -0.373. The maximum atomic E-state index is 13.2. The van der Waals surface area contributed by atoms with Crippen LogP contribution in [0.5, 0.6) is 0 Å². The van der Waals surface area contributed by atoms with Crippen molar-refractivity contribution in [2.45, 2.75) is 0 Å². The number of anilines is 2. The number of fused-ring (bicyclic) bond motifs is 1. The van der Waals surface area contributed by atoms with Crippen LogP contribution in [0.2, 0.25) is 5.02 Å². The minimum Gasteiger partial charge on any atom is -0.376 e. The van der Waals surface area contributed by atoms with E-state index >= 15 is 0 Å². The van der Waals surface area contributed by atoms with Crippen LogP contribution in [0.15, 0.2) is 53.3 Å². The van der Waals surface area contributed by atoms with Crippen LogP contribution in [0.3, 0.4) is 0 Å². The molecule has 0 unspecified atom stereocenters. The van der Waals surface area contributed by atoms with Gasteiger partial charge in [-0.05, 0) is 24.3 Å². The molecule has 0 bridgehead atoms. The molecule has 134 valence electrons. The van der Waals surface area contributed by atoms with Crippen molar-refractivity contribution in [2.75, 3.05) is 30.9 Å². The zero-order chi connectivity index (χ0) is 19.0. The van der Waals surface area contributed by atoms with Crippen molar-refractivity contribution in [2.24, 2.45) is 7.05 Å². The SMILES string of the molecule is CN(C)c1c(C(=O)N(C)c2ccccc2)c(=O)n(C)c2cccc(Cl)c12. The van der Waals surface area contributed by atoms with Crippen molar-refractivity contribution in [3.63, 3.8) is 0 Å². The molecule has 3 rings (SSSR count). The third kappa shape index (κ3) is 2.84. The first-order valence-electron chi connectivity index (χ1n) is 8.16. The first-order chi connectivity index (χ1) is 12.3. The Hall–Kier alpha value is -2.79. The maximum Gasteiger partial charge on any atom is 0.265 e. The molecule has 5 nitrogen and oxygen atoms in total. The lowest BCUT2D eigenvalue weighted by Crippen LogP contribution is -2.36. The van der Waals surface area contributed by atoms with Gasteiger partial charge in [0, 0.05) is 39.3 Å². The molecule has 0 aliphatic heterocycles. The van der Waals surface area contributed by atoms with Crippen LogP contribution in [0, 0.1) is 0 Å². The number of aryl methyl sites for hydroxylation is 1. The van der Waals surface area contributed by atoms with E-state index in [4.69, 9.17) is 11.6 Å². The molecule has 2 aromatic carbocycles. The second-order valence-corrected chi connectivity index (χ2v) is 6.72. The lowest BCUT2D eigenvalue weighted by atomic mass is 10.1. The number of rotatable bonds is 3. The summed E-state index contributed by atoms with van der Waals surface area (Å²) in [7, 11) is 6.92. The summed E-state index contributed by atoms with van der Waals surface area (Å²) in [4.78, 5) is 29.5. The van der Waals surface area contributed by atoms with Gasteiger partial charge < -0.3 is 14.4 Å². The molecule has 0 fully saturated rings. The summed E-state index contributed by atoms with van der Waals surface area (Å²) in [6.45, 7) is 0. The molecular weight excluding hydrogens is 350 g/mol. The molecule has 1 heterocycles. The Bertz CT molecular complexity index is 1040. The third-order valence-electron chi connectivity index (χ3n) is 4.45. The lowest BCUT2D eigenvalue weighted by molar-refractivity contribution is 0.0992. The summed E-state index contributed by atoms with van der Waals surface area (Å²) < 4.78 is 1.47. The van der Waals surface area contributed by atoms with Crippen LogP contribution in [-0.2, 0) is 7.05 Å². The van der Waals surface area contributed by atoms with Crippen LogP contribution in [0.25, 0.3) is 10.9 Å². The maximum absolute atomic E-state index is 13.2. The molecule has 6 heteroatoms. The Morgan fingerprint density at radius 2 is 1.65 bits per heavy atom. The van der Waals surface area contributed by atoms with Crippen molar-refractivity contribution in [1.82, 2.24) is 4.57 Å². The summed E-state index contributed by atoms with van der Waals surface area (Å²) in [5.41, 5.74) is 1.68. The topological polar surface area (TPSA) is 45.6 Å². The average molecular weight is 370 g/mol. The molecule has 0 aliphatic carbocycles. The molecule has 3 aromatic rings. The van der Waals surface area contributed by atoms with E-state index in [1.165, 1.54) is 9.47 Å². The van der Waals surface area contributed by atoms with Crippen molar-refractivity contribution in [1.29, 1.82) is 0 Å². The van der Waals surface area contributed by atoms with Crippen molar-refractivity contribution >= 4 is 39.8 Å². The second-order valence-electron chi connectivity index (χ2n) is 6.32. The van der Waals surface area contributed by atoms with E-state index in [1.807, 2.05) is 36.4 Å². The highest BCUT2D eigenvalue weighted by Gasteiger charge is 2.26. The lowest BCUT2D eigenvalue weighted by Gasteiger charge is -2.24. The van der Waals surface area contributed by atoms with Gasteiger partial charge in [-0.2, -0.15) is 0 Å². The summed E-state index contributed by atoms with van der Waals surface area (Å²) in [5.74, 6) is -0.373. The molecule has 1 amide bonds. The Labute approximate surface area is 157 Å². The summed E-state index contributed by atoms with van der Waals surface area (Å²) in [5, 5.41) is 1.18. The van der Waals surface area contributed by atoms with Crippen molar-refractivity contribution in [3.05, 3.63) is 69.5 Å². The number of hydrogen-bond acceptors (Lipinski definition) is 3. The first-order valence-corrected chi connectivity index (χ1v) is 8.54. The van der Waals surface area contributed by atoms with Crippen LogP contribution in [0.4, 0.5) is 11.4 Å². The van der Waals surface area contributed by atoms with E-state index < -0.39 is 0 Å². The number of carbonyl (C=O) groups is 1. The van der Waals surface area contributed by atoms with E-state index in [0.717, 1.165) is 0 Å². The largest absolute Gasteiger partial charge is 0.376 e. The van der Waals surface area contributed by atoms with E-state index in [1.54, 1.807) is 45.2 Å². The second kappa shape index (κ2) is 6.84. The average Bonchev–Trinajstić information content (AvgIpc) is 2.64. The van der Waals surface area contributed by atoms with Gasteiger partial charge in [0.2, 0.25) is 0 Å². The van der Waals surface area contributed by atoms with Gasteiger partial charge in [-0.25, -0.2) is 0 Å². The molecular formula is C20H20ClN3O2. The Morgan fingerprint density at radius 3 is 2.27 bits per heavy atom. The summed E-state index contributed by atoms with van der Waals surface area (Å²) >= 11 is 6.44. The number of pyridine rings is 1. The fraction of sp³-hybridized carbons (Fsp3) is 0.200. The van der Waals surface area contributed by atoms with Gasteiger partial charge in [0.05, 0.1) is 16.2 Å². The Balaban J connectivity index is 2.34. The summed E-state index contributed by atoms with van der Waals surface area (Å²) in [6, 6.07) is 14.6. The molecule has 0 saturated carbocycles. The van der Waals surface area contributed by atoms with Gasteiger partial charge in [0.25, 0.3) is 11.5 Å². The molecule has 0 saturated heterocycles. The standard InChI is InChI=1S/C20H20ClN3O2/c1-22(2)18-16-14(21)11-8-12-15(16)24(4)20(26)17(18)19(25)23(3)13-9-6-5-7-10-13/h5-12H,1-4H3. The van der Waals surface area contributed by atoms with E-state index in [9.17, 15) is 9.59 Å². The number of para-hydroxylation sites is 1. The Kier molecular flexibility index (Phi) is 4.74. The van der Waals surface area contributed by atoms with Gasteiger partial charge in [0.15, 0.2) is 0 Å². The normalized spacial score (nSPS) is 10.8. The van der Waals surface area contributed by atoms with Gasteiger partial charge >= 0.3 is 0 Å². The fourth-order valence-corrected chi connectivity index (χ4v) is 3.37. The van der Waals surface area contributed by atoms with Gasteiger partial charge in [-0.1, -0.05) is 35.9 Å². The van der Waals surface area contributed by atoms with Crippen LogP contribution in [0.1, 0.15) is 10.4 Å². The first kappa shape index (κ1) is 18.0. The van der Waals surface area contributed by atoms with E-state index in [-0.39, 0.29) is 17.0 Å². The van der Waals surface area contributed by atoms with Gasteiger partial charge in [0.1, 0.15) is 5.56 Å². The number of aromatic nitrogens is 1. The van der Waals surface area contributed by atoms with Crippen LogP contribution in [-0.4, -0.2) is 31.6 Å². The zero-order valence-electron chi connectivity index (χ0n) is 15.2. The highest BCUT2D eigenvalue weighted by atomic mass is 35.5. The van der Waals surface area contributed by atoms with Crippen LogP contribution >= 0.6 is 11.6 Å². The molecule has 0 N–H and O–H groups in total. The highest BCUT2D eigenvalue weighted by molar-refractivity contribution is 6.37. The van der Waals surface area contributed by atoms with Crippen LogP contribution < -0.4 is 15.4 Å². The number of carbonyl (C=O) groups excluding carboxylic acids is 1. The third-order valence-corrected chi connectivity index (χ3v) is 4.77. The minimum absolute atomic E-state index is 0.101. The number of halogens is 1. The molecule has 0 atom stereocenters. The molecule has 0 spiro atoms. The number of nitrogens with zero attached hydrogens (tertiary/aromatic N) is 3.